The highest BCUT2D eigenvalue weighted by atomic mass is 79.9. The maximum Gasteiger partial charge on any atom is 0.140 e. The van der Waals surface area contributed by atoms with Crippen LogP contribution in [0.15, 0.2) is 27.8 Å². The fourth-order valence-corrected chi connectivity index (χ4v) is 1.36. The lowest BCUT2D eigenvalue weighted by Gasteiger charge is -2.07. The van der Waals surface area contributed by atoms with Gasteiger partial charge in [-0.2, -0.15) is 0 Å². The Bertz CT molecular complexity index is 323. The Labute approximate surface area is 94.7 Å². The molecule has 0 atom stereocenters. The smallest absolute Gasteiger partial charge is 0.140 e. The van der Waals surface area contributed by atoms with Crippen molar-refractivity contribution in [2.75, 3.05) is 11.9 Å². The van der Waals surface area contributed by atoms with Gasteiger partial charge >= 0.3 is 0 Å². The van der Waals surface area contributed by atoms with Crippen LogP contribution >= 0.6 is 31.9 Å². The van der Waals surface area contributed by atoms with Crippen molar-refractivity contribution in [3.63, 3.8) is 0 Å². The second kappa shape index (κ2) is 4.77. The van der Waals surface area contributed by atoms with E-state index in [1.807, 2.05) is 13.0 Å². The zero-order valence-corrected chi connectivity index (χ0v) is 10.4. The van der Waals surface area contributed by atoms with Crippen LogP contribution < -0.4 is 5.32 Å². The molecule has 4 heteroatoms. The van der Waals surface area contributed by atoms with Crippen LogP contribution in [0, 0.1) is 6.92 Å². The maximum atomic E-state index is 4.19. The van der Waals surface area contributed by atoms with Gasteiger partial charge in [0.25, 0.3) is 0 Å². The van der Waals surface area contributed by atoms with Gasteiger partial charge in [-0.25, -0.2) is 4.98 Å². The lowest BCUT2D eigenvalue weighted by molar-refractivity contribution is 1.19. The molecule has 0 saturated heterocycles. The molecule has 13 heavy (non-hydrogen) atoms. The zero-order chi connectivity index (χ0) is 9.84. The third kappa shape index (κ3) is 3.12. The largest absolute Gasteiger partial charge is 0.365 e. The molecule has 0 aromatic carbocycles. The minimum atomic E-state index is 0.676. The van der Waals surface area contributed by atoms with Crippen LogP contribution in [0.2, 0.25) is 0 Å². The van der Waals surface area contributed by atoms with Gasteiger partial charge in [-0.3, -0.25) is 0 Å². The first-order valence-corrected chi connectivity index (χ1v) is 5.38. The van der Waals surface area contributed by atoms with E-state index in [9.17, 15) is 0 Å². The minimum absolute atomic E-state index is 0.676. The molecule has 70 valence electrons. The Hall–Kier alpha value is -0.350. The summed E-state index contributed by atoms with van der Waals surface area (Å²) < 4.78 is 1.91. The van der Waals surface area contributed by atoms with E-state index in [0.717, 1.165) is 20.3 Å². The van der Waals surface area contributed by atoms with Gasteiger partial charge < -0.3 is 5.32 Å². The molecule has 0 saturated carbocycles. The summed E-state index contributed by atoms with van der Waals surface area (Å²) in [6.07, 6.45) is 1.78. The molecule has 2 nitrogen and oxygen atoms in total. The van der Waals surface area contributed by atoms with Crippen LogP contribution in [0.1, 0.15) is 5.56 Å². The molecule has 0 unspecified atom stereocenters. The Morgan fingerprint density at radius 1 is 1.69 bits per heavy atom. The number of hydrogen-bond acceptors (Lipinski definition) is 2. The molecule has 0 aliphatic carbocycles. The van der Waals surface area contributed by atoms with Gasteiger partial charge in [-0.1, -0.05) is 22.5 Å². The van der Waals surface area contributed by atoms with E-state index in [0.29, 0.717) is 6.54 Å². The SMILES string of the molecule is C=C(Br)CNc1nccc(C)c1Br. The topological polar surface area (TPSA) is 24.9 Å². The number of halogens is 2. The Kier molecular flexibility index (Phi) is 3.93. The van der Waals surface area contributed by atoms with Gasteiger partial charge in [0.05, 0.1) is 4.47 Å². The highest BCUT2D eigenvalue weighted by Gasteiger charge is 2.02. The van der Waals surface area contributed by atoms with Crippen molar-refractivity contribution in [1.82, 2.24) is 4.98 Å². The van der Waals surface area contributed by atoms with Crippen LogP contribution in [0.5, 0.6) is 0 Å². The molecule has 1 aromatic rings. The predicted octanol–water partition coefficient (Wildman–Crippen LogP) is 3.47. The monoisotopic (exact) mass is 304 g/mol. The summed E-state index contributed by atoms with van der Waals surface area (Å²) >= 11 is 6.74. The van der Waals surface area contributed by atoms with Crippen molar-refractivity contribution in [3.8, 4) is 0 Å². The van der Waals surface area contributed by atoms with E-state index in [-0.39, 0.29) is 0 Å². The number of anilines is 1. The van der Waals surface area contributed by atoms with Gasteiger partial charge in [0.2, 0.25) is 0 Å². The van der Waals surface area contributed by atoms with Crippen LogP contribution in [0.4, 0.5) is 5.82 Å². The van der Waals surface area contributed by atoms with Crippen molar-refractivity contribution >= 4 is 37.7 Å². The van der Waals surface area contributed by atoms with E-state index in [1.165, 1.54) is 0 Å². The minimum Gasteiger partial charge on any atom is -0.365 e. The third-order valence-electron chi connectivity index (χ3n) is 1.53. The highest BCUT2D eigenvalue weighted by Crippen LogP contribution is 2.23. The molecule has 0 bridgehead atoms. The summed E-state index contributed by atoms with van der Waals surface area (Å²) in [5.41, 5.74) is 1.16. The number of rotatable bonds is 3. The Morgan fingerprint density at radius 3 is 3.00 bits per heavy atom. The first-order valence-electron chi connectivity index (χ1n) is 3.79. The standard InChI is InChI=1S/C9H10Br2N2/c1-6-3-4-12-9(8(6)11)13-5-7(2)10/h3-4H,2,5H2,1H3,(H,12,13). The van der Waals surface area contributed by atoms with Crippen molar-refractivity contribution < 1.29 is 0 Å². The van der Waals surface area contributed by atoms with Crippen LogP contribution in [-0.4, -0.2) is 11.5 Å². The molecular formula is C9H10Br2N2. The number of aromatic nitrogens is 1. The summed E-state index contributed by atoms with van der Waals surface area (Å²) in [6, 6.07) is 1.96. The average Bonchev–Trinajstić information content (AvgIpc) is 2.07. The molecule has 0 aliphatic rings. The maximum absolute atomic E-state index is 4.19. The number of hydrogen-bond donors (Lipinski definition) is 1. The first kappa shape index (κ1) is 10.7. The number of nitrogens with one attached hydrogen (secondary N) is 1. The molecule has 0 fully saturated rings. The van der Waals surface area contributed by atoms with Crippen LogP contribution in [-0.2, 0) is 0 Å². The lowest BCUT2D eigenvalue weighted by Crippen LogP contribution is -2.03. The van der Waals surface area contributed by atoms with Crippen molar-refractivity contribution in [3.05, 3.63) is 33.4 Å². The van der Waals surface area contributed by atoms with Gasteiger partial charge in [-0.05, 0) is 34.5 Å². The van der Waals surface area contributed by atoms with Crippen LogP contribution in [0.3, 0.4) is 0 Å². The van der Waals surface area contributed by atoms with Gasteiger partial charge in [-0.15, -0.1) is 0 Å². The molecule has 0 aliphatic heterocycles. The molecule has 0 radical (unpaired) electrons. The molecule has 0 amide bonds. The molecular weight excluding hydrogens is 296 g/mol. The molecule has 1 heterocycles. The van der Waals surface area contributed by atoms with Crippen molar-refractivity contribution in [2.24, 2.45) is 0 Å². The van der Waals surface area contributed by atoms with E-state index in [4.69, 9.17) is 0 Å². The fourth-order valence-electron chi connectivity index (χ4n) is 0.843. The summed E-state index contributed by atoms with van der Waals surface area (Å²) in [7, 11) is 0. The quantitative estimate of drug-likeness (QED) is 0.925. The molecule has 1 aromatic heterocycles. The van der Waals surface area contributed by atoms with Crippen LogP contribution in [0.25, 0.3) is 0 Å². The van der Waals surface area contributed by atoms with E-state index in [1.54, 1.807) is 6.20 Å². The third-order valence-corrected chi connectivity index (χ3v) is 2.81. The van der Waals surface area contributed by atoms with Gasteiger partial charge in [0.15, 0.2) is 0 Å². The van der Waals surface area contributed by atoms with E-state index >= 15 is 0 Å². The summed E-state index contributed by atoms with van der Waals surface area (Å²) in [5.74, 6) is 0.848. The number of aryl methyl sites for hydroxylation is 1. The summed E-state index contributed by atoms with van der Waals surface area (Å²) in [5, 5.41) is 3.15. The normalized spacial score (nSPS) is 9.77. The fraction of sp³-hybridized carbons (Fsp3) is 0.222. The molecule has 1 rings (SSSR count). The van der Waals surface area contributed by atoms with Crippen molar-refractivity contribution in [1.29, 1.82) is 0 Å². The predicted molar refractivity (Wildman–Crippen MR) is 63.2 cm³/mol. The second-order valence-corrected chi connectivity index (χ2v) is 4.58. The van der Waals surface area contributed by atoms with E-state index < -0.39 is 0 Å². The highest BCUT2D eigenvalue weighted by molar-refractivity contribution is 9.11. The lowest BCUT2D eigenvalue weighted by atomic mass is 10.3. The van der Waals surface area contributed by atoms with Crippen molar-refractivity contribution in [2.45, 2.75) is 6.92 Å². The first-order chi connectivity index (χ1) is 6.11. The summed E-state index contributed by atoms with van der Waals surface area (Å²) in [4.78, 5) is 4.19. The average molecular weight is 306 g/mol. The molecule has 0 spiro atoms. The van der Waals surface area contributed by atoms with E-state index in [2.05, 4.69) is 48.7 Å². The second-order valence-electron chi connectivity index (χ2n) is 2.66. The number of nitrogens with zero attached hydrogens (tertiary/aromatic N) is 1. The Morgan fingerprint density at radius 2 is 2.38 bits per heavy atom. The molecule has 1 N–H and O–H groups in total. The van der Waals surface area contributed by atoms with Gasteiger partial charge in [0.1, 0.15) is 5.82 Å². The Balaban J connectivity index is 2.77. The summed E-state index contributed by atoms with van der Waals surface area (Å²) in [6.45, 7) is 6.44. The van der Waals surface area contributed by atoms with Gasteiger partial charge in [0, 0.05) is 17.2 Å². The zero-order valence-electron chi connectivity index (χ0n) is 7.27. The number of pyridine rings is 1.